The highest BCUT2D eigenvalue weighted by atomic mass is 16.6. The first kappa shape index (κ1) is 12.1. The van der Waals surface area contributed by atoms with E-state index in [-0.39, 0.29) is 0 Å². The molecule has 0 spiro atoms. The summed E-state index contributed by atoms with van der Waals surface area (Å²) in [7, 11) is 0. The first-order chi connectivity index (χ1) is 8.36. The maximum atomic E-state index is 5.16. The minimum atomic E-state index is 0.641. The molecule has 0 aliphatic carbocycles. The molecule has 1 aromatic heterocycles. The number of para-hydroxylation sites is 2. The Hall–Kier alpha value is -1.39. The first-order valence-corrected chi connectivity index (χ1v) is 6.15. The van der Waals surface area contributed by atoms with Crippen molar-refractivity contribution < 1.29 is 4.84 Å². The largest absolute Gasteiger partial charge is 0.327 e. The van der Waals surface area contributed by atoms with E-state index in [0.29, 0.717) is 13.2 Å². The fraction of sp³-hybridized carbons (Fsp3) is 0.462. The van der Waals surface area contributed by atoms with E-state index < -0.39 is 0 Å². The van der Waals surface area contributed by atoms with Crippen LogP contribution in [0.25, 0.3) is 11.0 Å². The zero-order valence-electron chi connectivity index (χ0n) is 10.4. The standard InChI is InChI=1S/C13H19N3O/c1-3-9-16-12-8-6-5-7-11(12)15-13(16)10-14-17-4-2/h5-8,14H,3-4,9-10H2,1-2H3. The Kier molecular flexibility index (Phi) is 4.12. The molecule has 0 saturated heterocycles. The molecule has 1 aromatic carbocycles. The molecule has 0 fully saturated rings. The molecule has 2 rings (SSSR count). The van der Waals surface area contributed by atoms with Crippen molar-refractivity contribution in [3.63, 3.8) is 0 Å². The summed E-state index contributed by atoms with van der Waals surface area (Å²) in [5, 5.41) is 0. The molecule has 4 heteroatoms. The lowest BCUT2D eigenvalue weighted by Crippen LogP contribution is -2.17. The fourth-order valence-corrected chi connectivity index (χ4v) is 1.95. The number of rotatable bonds is 6. The molecular weight excluding hydrogens is 214 g/mol. The molecule has 0 amide bonds. The van der Waals surface area contributed by atoms with Crippen molar-refractivity contribution >= 4 is 11.0 Å². The van der Waals surface area contributed by atoms with Crippen molar-refractivity contribution in [1.82, 2.24) is 15.0 Å². The Labute approximate surface area is 102 Å². The van der Waals surface area contributed by atoms with Gasteiger partial charge in [0.15, 0.2) is 0 Å². The third-order valence-electron chi connectivity index (χ3n) is 2.66. The quantitative estimate of drug-likeness (QED) is 0.615. The molecule has 1 N–H and O–H groups in total. The second-order valence-electron chi connectivity index (χ2n) is 3.92. The Morgan fingerprint density at radius 3 is 2.88 bits per heavy atom. The summed E-state index contributed by atoms with van der Waals surface area (Å²) in [6.45, 7) is 6.43. The zero-order valence-corrected chi connectivity index (χ0v) is 10.4. The number of benzene rings is 1. The van der Waals surface area contributed by atoms with Crippen LogP contribution in [0, 0.1) is 0 Å². The van der Waals surface area contributed by atoms with Crippen LogP contribution in [0.2, 0.25) is 0 Å². The summed E-state index contributed by atoms with van der Waals surface area (Å²) < 4.78 is 2.25. The molecule has 0 atom stereocenters. The van der Waals surface area contributed by atoms with Gasteiger partial charge in [0.2, 0.25) is 0 Å². The Morgan fingerprint density at radius 2 is 2.12 bits per heavy atom. The highest BCUT2D eigenvalue weighted by molar-refractivity contribution is 5.75. The van der Waals surface area contributed by atoms with Crippen molar-refractivity contribution in [2.45, 2.75) is 33.4 Å². The van der Waals surface area contributed by atoms with Crippen LogP contribution in [0.5, 0.6) is 0 Å². The second-order valence-corrected chi connectivity index (χ2v) is 3.92. The minimum Gasteiger partial charge on any atom is -0.327 e. The van der Waals surface area contributed by atoms with E-state index in [9.17, 15) is 0 Å². The van der Waals surface area contributed by atoms with Crippen molar-refractivity contribution in [3.05, 3.63) is 30.1 Å². The van der Waals surface area contributed by atoms with Crippen LogP contribution in [0.15, 0.2) is 24.3 Å². The highest BCUT2D eigenvalue weighted by Gasteiger charge is 2.08. The maximum absolute atomic E-state index is 5.16. The molecule has 17 heavy (non-hydrogen) atoms. The molecule has 0 radical (unpaired) electrons. The maximum Gasteiger partial charge on any atom is 0.126 e. The van der Waals surface area contributed by atoms with Gasteiger partial charge in [-0.1, -0.05) is 19.1 Å². The fourth-order valence-electron chi connectivity index (χ4n) is 1.95. The topological polar surface area (TPSA) is 39.1 Å². The van der Waals surface area contributed by atoms with Crippen molar-refractivity contribution in [1.29, 1.82) is 0 Å². The van der Waals surface area contributed by atoms with Crippen LogP contribution < -0.4 is 5.48 Å². The monoisotopic (exact) mass is 233 g/mol. The van der Waals surface area contributed by atoms with Gasteiger partial charge in [-0.3, -0.25) is 0 Å². The number of fused-ring (bicyclic) bond motifs is 1. The van der Waals surface area contributed by atoms with Gasteiger partial charge in [0.1, 0.15) is 5.82 Å². The lowest BCUT2D eigenvalue weighted by atomic mass is 10.3. The molecule has 0 aliphatic rings. The minimum absolute atomic E-state index is 0.641. The van der Waals surface area contributed by atoms with Crippen molar-refractivity contribution in [2.75, 3.05) is 6.61 Å². The highest BCUT2D eigenvalue weighted by Crippen LogP contribution is 2.16. The molecule has 4 nitrogen and oxygen atoms in total. The third-order valence-corrected chi connectivity index (χ3v) is 2.66. The number of imidazole rings is 1. The average molecular weight is 233 g/mol. The van der Waals surface area contributed by atoms with Gasteiger partial charge >= 0.3 is 0 Å². The molecule has 92 valence electrons. The van der Waals surface area contributed by atoms with Crippen molar-refractivity contribution in [3.8, 4) is 0 Å². The molecule has 2 aromatic rings. The van der Waals surface area contributed by atoms with E-state index in [1.54, 1.807) is 0 Å². The average Bonchev–Trinajstić information content (AvgIpc) is 2.69. The smallest absolute Gasteiger partial charge is 0.126 e. The molecular formula is C13H19N3O. The van der Waals surface area contributed by atoms with E-state index in [0.717, 1.165) is 24.3 Å². The van der Waals surface area contributed by atoms with Crippen LogP contribution >= 0.6 is 0 Å². The van der Waals surface area contributed by atoms with Gasteiger partial charge < -0.3 is 9.40 Å². The molecule has 0 bridgehead atoms. The Morgan fingerprint density at radius 1 is 1.29 bits per heavy atom. The second kappa shape index (κ2) is 5.80. The van der Waals surface area contributed by atoms with Gasteiger partial charge in [-0.05, 0) is 25.5 Å². The number of aryl methyl sites for hydroxylation is 1. The summed E-state index contributed by atoms with van der Waals surface area (Å²) in [5.74, 6) is 1.03. The lowest BCUT2D eigenvalue weighted by molar-refractivity contribution is 0.0443. The van der Waals surface area contributed by atoms with E-state index in [1.807, 2.05) is 19.1 Å². The van der Waals surface area contributed by atoms with E-state index in [4.69, 9.17) is 4.84 Å². The number of hydroxylamine groups is 1. The summed E-state index contributed by atoms with van der Waals surface area (Å²) in [5.41, 5.74) is 5.17. The number of hydrogen-bond acceptors (Lipinski definition) is 3. The van der Waals surface area contributed by atoms with Crippen molar-refractivity contribution in [2.24, 2.45) is 0 Å². The Balaban J connectivity index is 2.29. The lowest BCUT2D eigenvalue weighted by Gasteiger charge is -2.08. The molecule has 0 aliphatic heterocycles. The summed E-state index contributed by atoms with van der Waals surface area (Å²) in [4.78, 5) is 9.79. The molecule has 0 saturated carbocycles. The summed E-state index contributed by atoms with van der Waals surface area (Å²) in [6, 6.07) is 8.23. The van der Waals surface area contributed by atoms with Gasteiger partial charge in [-0.2, -0.15) is 5.48 Å². The Bertz CT molecular complexity index is 478. The van der Waals surface area contributed by atoms with Crippen LogP contribution in [-0.4, -0.2) is 16.2 Å². The third kappa shape index (κ3) is 2.65. The normalized spacial score (nSPS) is 11.2. The predicted molar refractivity (Wildman–Crippen MR) is 68.5 cm³/mol. The predicted octanol–water partition coefficient (Wildman–Crippen LogP) is 2.49. The molecule has 1 heterocycles. The van der Waals surface area contributed by atoms with E-state index in [1.165, 1.54) is 5.52 Å². The molecule has 0 unspecified atom stereocenters. The van der Waals surface area contributed by atoms with Gasteiger partial charge in [0.25, 0.3) is 0 Å². The zero-order chi connectivity index (χ0) is 12.1. The first-order valence-electron chi connectivity index (χ1n) is 6.15. The van der Waals surface area contributed by atoms with Gasteiger partial charge in [0, 0.05) is 6.54 Å². The van der Waals surface area contributed by atoms with Crippen LogP contribution in [0.4, 0.5) is 0 Å². The van der Waals surface area contributed by atoms with Crippen LogP contribution in [-0.2, 0) is 17.9 Å². The van der Waals surface area contributed by atoms with Gasteiger partial charge in [-0.15, -0.1) is 0 Å². The number of aromatic nitrogens is 2. The number of hydrogen-bond donors (Lipinski definition) is 1. The van der Waals surface area contributed by atoms with Crippen LogP contribution in [0.1, 0.15) is 26.1 Å². The summed E-state index contributed by atoms with van der Waals surface area (Å²) >= 11 is 0. The van der Waals surface area contributed by atoms with Gasteiger partial charge in [-0.25, -0.2) is 4.98 Å². The number of nitrogens with zero attached hydrogens (tertiary/aromatic N) is 2. The SMILES string of the molecule is CCCn1c(CNOCC)nc2ccccc21. The number of nitrogens with one attached hydrogen (secondary N) is 1. The summed E-state index contributed by atoms with van der Waals surface area (Å²) in [6.07, 6.45) is 1.10. The van der Waals surface area contributed by atoms with E-state index >= 15 is 0 Å². The van der Waals surface area contributed by atoms with Crippen LogP contribution in [0.3, 0.4) is 0 Å². The van der Waals surface area contributed by atoms with Gasteiger partial charge in [0.05, 0.1) is 24.2 Å². The van der Waals surface area contributed by atoms with E-state index in [2.05, 4.69) is 34.1 Å².